The molecule has 0 aliphatic carbocycles. The normalized spacial score (nSPS) is 10.8. The number of nitrogens with two attached hydrogens (primary N) is 1. The number of carbonyl (C=O) groups excluding carboxylic acids is 1. The number of ketones is 1. The summed E-state index contributed by atoms with van der Waals surface area (Å²) in [4.78, 5) is 14.4. The molecule has 2 aromatic rings. The zero-order chi connectivity index (χ0) is 10.8. The summed E-state index contributed by atoms with van der Waals surface area (Å²) in [5.74, 6) is 0.0943. The largest absolute Gasteiger partial charge is 0.361 e. The van der Waals surface area contributed by atoms with Crippen molar-refractivity contribution >= 4 is 16.7 Å². The topological polar surface area (TPSA) is 58.9 Å². The van der Waals surface area contributed by atoms with E-state index in [1.165, 1.54) is 5.56 Å². The van der Waals surface area contributed by atoms with Crippen molar-refractivity contribution < 1.29 is 4.79 Å². The van der Waals surface area contributed by atoms with Gasteiger partial charge in [-0.05, 0) is 43.7 Å². The van der Waals surface area contributed by atoms with Crippen molar-refractivity contribution in [2.24, 2.45) is 5.73 Å². The number of carbonyl (C=O) groups is 1. The van der Waals surface area contributed by atoms with E-state index in [-0.39, 0.29) is 5.78 Å². The van der Waals surface area contributed by atoms with Crippen LogP contribution in [0, 0.1) is 0 Å². The summed E-state index contributed by atoms with van der Waals surface area (Å²) in [6.07, 6.45) is 2.79. The van der Waals surface area contributed by atoms with Crippen molar-refractivity contribution in [1.82, 2.24) is 4.98 Å². The van der Waals surface area contributed by atoms with Gasteiger partial charge in [0, 0.05) is 22.7 Å². The molecule has 0 aliphatic rings. The van der Waals surface area contributed by atoms with Crippen LogP contribution in [0.15, 0.2) is 24.4 Å². The summed E-state index contributed by atoms with van der Waals surface area (Å²) >= 11 is 0. The smallest absolute Gasteiger partial charge is 0.159 e. The quantitative estimate of drug-likeness (QED) is 0.746. The molecule has 0 fully saturated rings. The van der Waals surface area contributed by atoms with Crippen LogP contribution in [0.1, 0.15) is 22.8 Å². The molecule has 0 unspecified atom stereocenters. The first-order valence-corrected chi connectivity index (χ1v) is 5.03. The Morgan fingerprint density at radius 1 is 1.47 bits per heavy atom. The number of hydrogen-bond acceptors (Lipinski definition) is 2. The van der Waals surface area contributed by atoms with Gasteiger partial charge in [0.05, 0.1) is 0 Å². The van der Waals surface area contributed by atoms with E-state index < -0.39 is 0 Å². The molecule has 0 bridgehead atoms. The fourth-order valence-corrected chi connectivity index (χ4v) is 1.76. The maximum atomic E-state index is 11.2. The molecule has 0 atom stereocenters. The molecule has 1 aromatic heterocycles. The predicted molar refractivity (Wildman–Crippen MR) is 61.1 cm³/mol. The van der Waals surface area contributed by atoms with Crippen LogP contribution in [0.4, 0.5) is 0 Å². The Bertz CT molecular complexity index is 499. The van der Waals surface area contributed by atoms with Crippen LogP contribution in [0.2, 0.25) is 0 Å². The van der Waals surface area contributed by atoms with Gasteiger partial charge >= 0.3 is 0 Å². The van der Waals surface area contributed by atoms with Gasteiger partial charge in [0.25, 0.3) is 0 Å². The third-order valence-electron chi connectivity index (χ3n) is 2.59. The van der Waals surface area contributed by atoms with E-state index >= 15 is 0 Å². The Morgan fingerprint density at radius 2 is 2.27 bits per heavy atom. The van der Waals surface area contributed by atoms with Gasteiger partial charge in [-0.1, -0.05) is 0 Å². The lowest BCUT2D eigenvalue weighted by Gasteiger charge is -1.98. The summed E-state index contributed by atoms with van der Waals surface area (Å²) < 4.78 is 0. The average molecular weight is 202 g/mol. The van der Waals surface area contributed by atoms with Gasteiger partial charge in [-0.25, -0.2) is 0 Å². The molecule has 1 heterocycles. The van der Waals surface area contributed by atoms with E-state index in [4.69, 9.17) is 5.73 Å². The van der Waals surface area contributed by atoms with Crippen LogP contribution in [0.25, 0.3) is 10.9 Å². The van der Waals surface area contributed by atoms with Gasteiger partial charge in [-0.2, -0.15) is 0 Å². The number of aromatic nitrogens is 1. The molecular weight excluding hydrogens is 188 g/mol. The molecule has 0 saturated heterocycles. The van der Waals surface area contributed by atoms with Crippen molar-refractivity contribution in [2.75, 3.05) is 6.54 Å². The van der Waals surface area contributed by atoms with Gasteiger partial charge < -0.3 is 10.7 Å². The zero-order valence-corrected chi connectivity index (χ0v) is 8.71. The molecule has 0 aliphatic heterocycles. The minimum Gasteiger partial charge on any atom is -0.361 e. The molecule has 78 valence electrons. The van der Waals surface area contributed by atoms with Crippen molar-refractivity contribution in [3.63, 3.8) is 0 Å². The lowest BCUT2D eigenvalue weighted by atomic mass is 10.1. The maximum Gasteiger partial charge on any atom is 0.159 e. The second-order valence-corrected chi connectivity index (χ2v) is 3.67. The van der Waals surface area contributed by atoms with E-state index in [9.17, 15) is 4.79 Å². The molecule has 0 saturated carbocycles. The van der Waals surface area contributed by atoms with Gasteiger partial charge in [0.15, 0.2) is 5.78 Å². The molecule has 2 rings (SSSR count). The SMILES string of the molecule is CC(=O)c1ccc2[nH]cc(CCN)c2c1. The van der Waals surface area contributed by atoms with E-state index in [0.29, 0.717) is 6.54 Å². The monoisotopic (exact) mass is 202 g/mol. The van der Waals surface area contributed by atoms with Gasteiger partial charge in [0.2, 0.25) is 0 Å². The minimum absolute atomic E-state index is 0.0943. The Morgan fingerprint density at radius 3 is 2.93 bits per heavy atom. The zero-order valence-electron chi connectivity index (χ0n) is 8.71. The van der Waals surface area contributed by atoms with E-state index in [1.807, 2.05) is 24.4 Å². The van der Waals surface area contributed by atoms with Crippen LogP contribution < -0.4 is 5.73 Å². The van der Waals surface area contributed by atoms with Crippen LogP contribution in [-0.4, -0.2) is 17.3 Å². The number of benzene rings is 1. The number of H-pyrrole nitrogens is 1. The van der Waals surface area contributed by atoms with Gasteiger partial charge in [-0.15, -0.1) is 0 Å². The van der Waals surface area contributed by atoms with E-state index in [0.717, 1.165) is 22.9 Å². The first-order valence-electron chi connectivity index (χ1n) is 5.03. The summed E-state index contributed by atoms with van der Waals surface area (Å²) in [6.45, 7) is 2.20. The number of rotatable bonds is 3. The summed E-state index contributed by atoms with van der Waals surface area (Å²) in [5, 5.41) is 1.10. The summed E-state index contributed by atoms with van der Waals surface area (Å²) in [5.41, 5.74) is 8.51. The fraction of sp³-hybridized carbons (Fsp3) is 0.250. The molecule has 3 heteroatoms. The number of Topliss-reactive ketones (excluding diaryl/α,β-unsaturated/α-hetero) is 1. The molecule has 3 N–H and O–H groups in total. The Labute approximate surface area is 88.3 Å². The molecule has 1 aromatic carbocycles. The standard InChI is InChI=1S/C12H14N2O/c1-8(15)9-2-3-12-11(6-9)10(4-5-13)7-14-12/h2-3,6-7,14H,4-5,13H2,1H3. The Hall–Kier alpha value is -1.61. The van der Waals surface area contributed by atoms with Crippen LogP contribution in [-0.2, 0) is 6.42 Å². The van der Waals surface area contributed by atoms with Crippen molar-refractivity contribution in [1.29, 1.82) is 0 Å². The highest BCUT2D eigenvalue weighted by molar-refractivity contribution is 5.98. The number of hydrogen-bond donors (Lipinski definition) is 2. The first kappa shape index (κ1) is 9.93. The van der Waals surface area contributed by atoms with Gasteiger partial charge in [0.1, 0.15) is 0 Å². The third-order valence-corrected chi connectivity index (χ3v) is 2.59. The molecule has 0 radical (unpaired) electrons. The second-order valence-electron chi connectivity index (χ2n) is 3.67. The van der Waals surface area contributed by atoms with Crippen LogP contribution in [0.5, 0.6) is 0 Å². The fourth-order valence-electron chi connectivity index (χ4n) is 1.76. The van der Waals surface area contributed by atoms with Crippen LogP contribution in [0.3, 0.4) is 0 Å². The van der Waals surface area contributed by atoms with E-state index in [1.54, 1.807) is 6.92 Å². The number of nitrogens with one attached hydrogen (secondary N) is 1. The molecule has 15 heavy (non-hydrogen) atoms. The molecule has 0 spiro atoms. The first-order chi connectivity index (χ1) is 7.22. The molecule has 0 amide bonds. The number of fused-ring (bicyclic) bond motifs is 1. The Kier molecular flexibility index (Phi) is 2.56. The predicted octanol–water partition coefficient (Wildman–Crippen LogP) is 1.87. The third kappa shape index (κ3) is 1.78. The highest BCUT2D eigenvalue weighted by atomic mass is 16.1. The Balaban J connectivity index is 2.56. The number of aromatic amines is 1. The lowest BCUT2D eigenvalue weighted by molar-refractivity contribution is 0.101. The average Bonchev–Trinajstić information content (AvgIpc) is 2.61. The minimum atomic E-state index is 0.0943. The van der Waals surface area contributed by atoms with Gasteiger partial charge in [-0.3, -0.25) is 4.79 Å². The second kappa shape index (κ2) is 3.87. The lowest BCUT2D eigenvalue weighted by Crippen LogP contribution is -2.02. The highest BCUT2D eigenvalue weighted by Crippen LogP contribution is 2.20. The maximum absolute atomic E-state index is 11.2. The van der Waals surface area contributed by atoms with Crippen molar-refractivity contribution in [3.8, 4) is 0 Å². The highest BCUT2D eigenvalue weighted by Gasteiger charge is 2.05. The van der Waals surface area contributed by atoms with Crippen molar-refractivity contribution in [3.05, 3.63) is 35.5 Å². The van der Waals surface area contributed by atoms with Crippen molar-refractivity contribution in [2.45, 2.75) is 13.3 Å². The van der Waals surface area contributed by atoms with Crippen LogP contribution >= 0.6 is 0 Å². The molecular formula is C12H14N2O. The summed E-state index contributed by atoms with van der Waals surface area (Å²) in [7, 11) is 0. The van der Waals surface area contributed by atoms with E-state index in [2.05, 4.69) is 4.98 Å². The summed E-state index contributed by atoms with van der Waals surface area (Å²) in [6, 6.07) is 5.71. The molecule has 3 nitrogen and oxygen atoms in total.